The van der Waals surface area contributed by atoms with E-state index in [4.69, 9.17) is 9.31 Å². The SMILES string of the molecule is C=C(C[C@H]1C(CC(F)F)[C@]1(C)CB1OC(C)(C)C(C)(C)O1)NCN(C)C. The molecule has 0 amide bonds. The lowest BCUT2D eigenvalue weighted by atomic mass is 9.74. The number of alkyl halides is 2. The normalized spacial score (nSPS) is 32.3. The van der Waals surface area contributed by atoms with Crippen LogP contribution in [0.5, 0.6) is 0 Å². The second kappa shape index (κ2) is 7.40. The Bertz CT molecular complexity index is 512. The first-order valence-electron chi connectivity index (χ1n) is 9.48. The van der Waals surface area contributed by atoms with Crippen LogP contribution in [0, 0.1) is 17.3 Å². The van der Waals surface area contributed by atoms with Crippen molar-refractivity contribution in [1.29, 1.82) is 0 Å². The molecule has 7 heteroatoms. The molecule has 2 fully saturated rings. The van der Waals surface area contributed by atoms with Gasteiger partial charge in [-0.05, 0) is 71.8 Å². The van der Waals surface area contributed by atoms with Gasteiger partial charge in [-0.1, -0.05) is 13.5 Å². The van der Waals surface area contributed by atoms with Crippen molar-refractivity contribution in [3.63, 3.8) is 0 Å². The van der Waals surface area contributed by atoms with Crippen molar-refractivity contribution >= 4 is 7.12 Å². The van der Waals surface area contributed by atoms with Gasteiger partial charge >= 0.3 is 7.12 Å². The molecule has 0 aromatic carbocycles. The van der Waals surface area contributed by atoms with Crippen molar-refractivity contribution < 1.29 is 18.1 Å². The molecule has 1 aliphatic heterocycles. The van der Waals surface area contributed by atoms with E-state index >= 15 is 0 Å². The number of nitrogens with zero attached hydrogens (tertiary/aromatic N) is 1. The maximum Gasteiger partial charge on any atom is 0.458 e. The summed E-state index contributed by atoms with van der Waals surface area (Å²) >= 11 is 0. The van der Waals surface area contributed by atoms with E-state index < -0.39 is 17.6 Å². The van der Waals surface area contributed by atoms with Crippen molar-refractivity contribution in [2.75, 3.05) is 20.8 Å². The van der Waals surface area contributed by atoms with E-state index in [0.29, 0.717) is 19.4 Å². The number of rotatable bonds is 9. The number of hydrogen-bond acceptors (Lipinski definition) is 4. The summed E-state index contributed by atoms with van der Waals surface area (Å²) in [7, 11) is 3.59. The van der Waals surface area contributed by atoms with Crippen molar-refractivity contribution in [3.8, 4) is 0 Å². The summed E-state index contributed by atoms with van der Waals surface area (Å²) in [5.41, 5.74) is -0.0954. The van der Waals surface area contributed by atoms with E-state index in [1.54, 1.807) is 0 Å². The fourth-order valence-corrected chi connectivity index (χ4v) is 4.08. The van der Waals surface area contributed by atoms with E-state index in [2.05, 4.69) is 18.8 Å². The van der Waals surface area contributed by atoms with Gasteiger partial charge in [-0.15, -0.1) is 0 Å². The maximum absolute atomic E-state index is 13.1. The van der Waals surface area contributed by atoms with Crippen molar-refractivity contribution in [3.05, 3.63) is 12.3 Å². The van der Waals surface area contributed by atoms with Crippen molar-refractivity contribution in [2.24, 2.45) is 17.3 Å². The smallest absolute Gasteiger partial charge is 0.403 e. The molecule has 0 aromatic rings. The molecule has 4 nitrogen and oxygen atoms in total. The highest BCUT2D eigenvalue weighted by Gasteiger charge is 2.64. The molecule has 1 saturated heterocycles. The van der Waals surface area contributed by atoms with Crippen LogP contribution in [0.4, 0.5) is 8.78 Å². The van der Waals surface area contributed by atoms with Gasteiger partial charge in [0.15, 0.2) is 0 Å². The molecule has 0 bridgehead atoms. The molecular formula is C19H35BF2N2O2. The number of allylic oxidation sites excluding steroid dienone is 1. The third-order valence-corrected chi connectivity index (χ3v) is 6.52. The van der Waals surface area contributed by atoms with Crippen molar-refractivity contribution in [2.45, 2.75) is 71.4 Å². The number of halogens is 2. The molecule has 1 saturated carbocycles. The van der Waals surface area contributed by atoms with Crippen LogP contribution in [0.3, 0.4) is 0 Å². The Morgan fingerprint density at radius 3 is 2.12 bits per heavy atom. The standard InChI is InChI=1S/C19H35BF2N2O2/c1-13(23-12-24(7)8)9-14-15(10-16(21)22)19(14,6)11-20-25-17(2,3)18(4,5)26-20/h14-16,23H,1,9-12H2,2-8H3/t14-,15?,19+/m0/s1. The van der Waals surface area contributed by atoms with Crippen LogP contribution >= 0.6 is 0 Å². The molecule has 1 aliphatic carbocycles. The summed E-state index contributed by atoms with van der Waals surface area (Å²) in [5.74, 6) is 0.150. The molecule has 1 N–H and O–H groups in total. The molecule has 2 aliphatic rings. The summed E-state index contributed by atoms with van der Waals surface area (Å²) < 4.78 is 38.4. The summed E-state index contributed by atoms with van der Waals surface area (Å²) in [6.45, 7) is 14.9. The molecule has 2 rings (SSSR count). The Balaban J connectivity index is 2.00. The molecule has 1 heterocycles. The molecule has 3 atom stereocenters. The minimum Gasteiger partial charge on any atom is -0.403 e. The number of nitrogens with one attached hydrogen (secondary N) is 1. The minimum atomic E-state index is -2.29. The molecular weight excluding hydrogens is 337 g/mol. The predicted molar refractivity (Wildman–Crippen MR) is 102 cm³/mol. The van der Waals surface area contributed by atoms with Gasteiger partial charge in [0.2, 0.25) is 6.43 Å². The van der Waals surface area contributed by atoms with Crippen LogP contribution in [0.2, 0.25) is 6.32 Å². The number of hydrogen-bond donors (Lipinski definition) is 1. The van der Waals surface area contributed by atoms with Crippen LogP contribution in [0.1, 0.15) is 47.5 Å². The molecule has 0 radical (unpaired) electrons. The zero-order valence-electron chi connectivity index (χ0n) is 17.4. The molecule has 150 valence electrons. The van der Waals surface area contributed by atoms with E-state index in [9.17, 15) is 8.78 Å². The van der Waals surface area contributed by atoms with Crippen LogP contribution in [0.15, 0.2) is 12.3 Å². The summed E-state index contributed by atoms with van der Waals surface area (Å²) in [4.78, 5) is 2.01. The highest BCUT2D eigenvalue weighted by molar-refractivity contribution is 6.45. The molecule has 26 heavy (non-hydrogen) atoms. The van der Waals surface area contributed by atoms with Crippen molar-refractivity contribution in [1.82, 2.24) is 10.2 Å². The van der Waals surface area contributed by atoms with Gasteiger partial charge in [-0.25, -0.2) is 8.78 Å². The van der Waals surface area contributed by atoms with E-state index in [1.165, 1.54) is 0 Å². The lowest BCUT2D eigenvalue weighted by molar-refractivity contribution is 0.00578. The topological polar surface area (TPSA) is 33.7 Å². The van der Waals surface area contributed by atoms with Gasteiger partial charge in [0.05, 0.1) is 17.9 Å². The average Bonchev–Trinajstić information content (AvgIpc) is 2.88. The maximum atomic E-state index is 13.1. The monoisotopic (exact) mass is 372 g/mol. The first kappa shape index (κ1) is 21.6. The third kappa shape index (κ3) is 4.60. The highest BCUT2D eigenvalue weighted by atomic mass is 19.3. The summed E-state index contributed by atoms with van der Waals surface area (Å²) in [5, 5.41) is 3.27. The molecule has 1 unspecified atom stereocenters. The Hall–Kier alpha value is -0.655. The Morgan fingerprint density at radius 2 is 1.65 bits per heavy atom. The summed E-state index contributed by atoms with van der Waals surface area (Å²) in [6.07, 6.45) is -1.00. The van der Waals surface area contributed by atoms with Crippen LogP contribution in [-0.2, 0) is 9.31 Å². The van der Waals surface area contributed by atoms with Crippen LogP contribution in [0.25, 0.3) is 0 Å². The Morgan fingerprint density at radius 1 is 1.12 bits per heavy atom. The Labute approximate surface area is 157 Å². The zero-order chi connectivity index (χ0) is 19.9. The highest BCUT2D eigenvalue weighted by Crippen LogP contribution is 2.66. The Kier molecular flexibility index (Phi) is 6.16. The van der Waals surface area contributed by atoms with E-state index in [1.807, 2.05) is 46.7 Å². The summed E-state index contributed by atoms with van der Waals surface area (Å²) in [6, 6.07) is 0. The van der Waals surface area contributed by atoms with Crippen LogP contribution in [-0.4, -0.2) is 50.4 Å². The van der Waals surface area contributed by atoms with Gasteiger partial charge in [-0.3, -0.25) is 4.90 Å². The first-order chi connectivity index (χ1) is 11.8. The van der Waals surface area contributed by atoms with Gasteiger partial charge in [0, 0.05) is 12.1 Å². The lowest BCUT2D eigenvalue weighted by Gasteiger charge is -2.32. The quantitative estimate of drug-likeness (QED) is 0.490. The average molecular weight is 372 g/mol. The zero-order valence-corrected chi connectivity index (χ0v) is 17.4. The van der Waals surface area contributed by atoms with Crippen LogP contribution < -0.4 is 5.32 Å². The van der Waals surface area contributed by atoms with Gasteiger partial charge < -0.3 is 14.6 Å². The van der Waals surface area contributed by atoms with E-state index in [-0.39, 0.29) is 30.8 Å². The van der Waals surface area contributed by atoms with E-state index in [0.717, 1.165) is 5.70 Å². The predicted octanol–water partition coefficient (Wildman–Crippen LogP) is 4.00. The first-order valence-corrected chi connectivity index (χ1v) is 9.48. The van der Waals surface area contributed by atoms with Gasteiger partial charge in [-0.2, -0.15) is 0 Å². The molecule has 0 spiro atoms. The fourth-order valence-electron chi connectivity index (χ4n) is 4.08. The van der Waals surface area contributed by atoms with Gasteiger partial charge in [0.25, 0.3) is 0 Å². The lowest BCUT2D eigenvalue weighted by Crippen LogP contribution is -2.41. The second-order valence-corrected chi connectivity index (χ2v) is 9.46. The molecule has 0 aromatic heterocycles. The van der Waals surface area contributed by atoms with Gasteiger partial charge in [0.1, 0.15) is 0 Å². The minimum absolute atomic E-state index is 0.0283. The largest absolute Gasteiger partial charge is 0.458 e. The second-order valence-electron chi connectivity index (χ2n) is 9.46. The fraction of sp³-hybridized carbons (Fsp3) is 0.895. The third-order valence-electron chi connectivity index (χ3n) is 6.52.